The number of halogens is 17. The topological polar surface area (TPSA) is 26.3 Å². The maximum Gasteiger partial charge on any atom is 0.460 e. The average Bonchev–Trinajstić information content (AvgIpc) is 2.93. The minimum absolute atomic E-state index is 0.111. The van der Waals surface area contributed by atoms with Crippen LogP contribution in [0.15, 0.2) is 0 Å². The minimum Gasteiger partial charge on any atom is -0.465 e. The van der Waals surface area contributed by atoms with Gasteiger partial charge in [0, 0.05) is 6.42 Å². The van der Waals surface area contributed by atoms with Crippen molar-refractivity contribution in [2.24, 2.45) is 0 Å². The van der Waals surface area contributed by atoms with Crippen molar-refractivity contribution in [3.8, 4) is 0 Å². The number of hydrogen-bond acceptors (Lipinski definition) is 2. The molecule has 0 N–H and O–H groups in total. The SMILES string of the molecule is CCCCCCCCCCCCCCCCCC(=O)OCCC(F)(F)C(F)(F)C(F)(F)C(F)(F)C(F)(F)C(F)(F)C(F)(F)C(F)(F)F. The zero-order valence-electron chi connectivity index (χ0n) is 25.5. The van der Waals surface area contributed by atoms with Crippen molar-refractivity contribution in [3.05, 3.63) is 0 Å². The molecule has 0 heterocycles. The number of esters is 1. The van der Waals surface area contributed by atoms with Crippen LogP contribution < -0.4 is 0 Å². The van der Waals surface area contributed by atoms with Gasteiger partial charge in [-0.3, -0.25) is 4.79 Å². The van der Waals surface area contributed by atoms with Crippen molar-refractivity contribution in [2.45, 2.75) is 164 Å². The van der Waals surface area contributed by atoms with E-state index >= 15 is 0 Å². The number of hydrogen-bond donors (Lipinski definition) is 0. The van der Waals surface area contributed by atoms with Gasteiger partial charge in [-0.25, -0.2) is 0 Å². The summed E-state index contributed by atoms with van der Waals surface area (Å²) in [6.07, 6.45) is 3.41. The van der Waals surface area contributed by atoms with Gasteiger partial charge in [0.2, 0.25) is 0 Å². The molecule has 282 valence electrons. The first kappa shape index (κ1) is 45.3. The van der Waals surface area contributed by atoms with Crippen molar-refractivity contribution in [3.63, 3.8) is 0 Å². The summed E-state index contributed by atoms with van der Waals surface area (Å²) in [6.45, 7) is 0.240. The first-order valence-corrected chi connectivity index (χ1v) is 15.1. The van der Waals surface area contributed by atoms with E-state index in [0.717, 1.165) is 38.5 Å². The molecule has 0 aromatic carbocycles. The molecule has 0 spiro atoms. The third-order valence-corrected chi connectivity index (χ3v) is 7.45. The van der Waals surface area contributed by atoms with Gasteiger partial charge in [-0.2, -0.15) is 74.6 Å². The molecular weight excluding hydrogens is 691 g/mol. The predicted octanol–water partition coefficient (Wildman–Crippen LogP) is 12.2. The van der Waals surface area contributed by atoms with Gasteiger partial charge in [0.15, 0.2) is 0 Å². The molecular formula is C28H39F17O2. The number of unbranched alkanes of at least 4 members (excludes halogenated alkanes) is 14. The van der Waals surface area contributed by atoms with Gasteiger partial charge in [0.1, 0.15) is 0 Å². The highest BCUT2D eigenvalue weighted by molar-refractivity contribution is 5.69. The summed E-state index contributed by atoms with van der Waals surface area (Å²) < 4.78 is 230. The standard InChI is InChI=1S/C28H39F17O2/c1-2-3-4-5-6-7-8-9-10-11-12-13-14-15-16-17-20(46)47-19-18-21(29,30)22(31,32)23(33,34)24(35,36)25(37,38)26(39,40)27(41,42)28(43,44)45/h2-19H2,1H3. The second kappa shape index (κ2) is 17.8. The highest BCUT2D eigenvalue weighted by Crippen LogP contribution is 2.64. The normalized spacial score (nSPS) is 14.5. The second-order valence-corrected chi connectivity index (χ2v) is 11.3. The van der Waals surface area contributed by atoms with Gasteiger partial charge < -0.3 is 4.74 Å². The quantitative estimate of drug-likeness (QED) is 0.0531. The lowest BCUT2D eigenvalue weighted by Gasteiger charge is -2.42. The lowest BCUT2D eigenvalue weighted by Crippen LogP contribution is -2.74. The van der Waals surface area contributed by atoms with E-state index in [1.54, 1.807) is 0 Å². The van der Waals surface area contributed by atoms with E-state index in [1.165, 1.54) is 38.5 Å². The molecule has 19 heteroatoms. The molecule has 0 atom stereocenters. The van der Waals surface area contributed by atoms with Gasteiger partial charge in [0.05, 0.1) is 13.0 Å². The van der Waals surface area contributed by atoms with E-state index in [0.29, 0.717) is 12.8 Å². The van der Waals surface area contributed by atoms with E-state index < -0.39 is 73.1 Å². The Morgan fingerprint density at radius 1 is 0.426 bits per heavy atom. The molecule has 47 heavy (non-hydrogen) atoms. The molecule has 0 saturated heterocycles. The molecule has 0 rings (SSSR count). The lowest BCUT2D eigenvalue weighted by atomic mass is 9.88. The summed E-state index contributed by atoms with van der Waals surface area (Å²) >= 11 is 0. The number of ether oxygens (including phenoxy) is 1. The van der Waals surface area contributed by atoms with Crippen LogP contribution in [0.5, 0.6) is 0 Å². The fourth-order valence-electron chi connectivity index (χ4n) is 4.36. The average molecular weight is 731 g/mol. The molecule has 0 amide bonds. The van der Waals surface area contributed by atoms with Crippen molar-refractivity contribution in [2.75, 3.05) is 6.61 Å². The third kappa shape index (κ3) is 10.9. The first-order valence-electron chi connectivity index (χ1n) is 15.1. The molecule has 0 unspecified atom stereocenters. The number of alkyl halides is 17. The van der Waals surface area contributed by atoms with Crippen LogP contribution in [0.2, 0.25) is 0 Å². The summed E-state index contributed by atoms with van der Waals surface area (Å²) in [5.74, 6) is -58.0. The monoisotopic (exact) mass is 730 g/mol. The van der Waals surface area contributed by atoms with Gasteiger partial charge >= 0.3 is 53.6 Å². The van der Waals surface area contributed by atoms with E-state index in [2.05, 4.69) is 11.7 Å². The number of carbonyl (C=O) groups is 1. The van der Waals surface area contributed by atoms with Gasteiger partial charge in [-0.15, -0.1) is 0 Å². The van der Waals surface area contributed by atoms with Crippen LogP contribution in [0.1, 0.15) is 116 Å². The summed E-state index contributed by atoms with van der Waals surface area (Å²) in [4.78, 5) is 11.6. The van der Waals surface area contributed by atoms with Crippen LogP contribution >= 0.6 is 0 Å². The second-order valence-electron chi connectivity index (χ2n) is 11.3. The van der Waals surface area contributed by atoms with Gasteiger partial charge in [-0.05, 0) is 6.42 Å². The molecule has 0 bridgehead atoms. The fourth-order valence-corrected chi connectivity index (χ4v) is 4.36. The highest BCUT2D eigenvalue weighted by atomic mass is 19.4. The minimum atomic E-state index is -8.66. The van der Waals surface area contributed by atoms with Crippen molar-refractivity contribution in [1.29, 1.82) is 0 Å². The molecule has 0 aliphatic rings. The Kier molecular flexibility index (Phi) is 17.1. The van der Waals surface area contributed by atoms with Crippen LogP contribution in [0.25, 0.3) is 0 Å². The Labute approximate surface area is 261 Å². The molecule has 0 fully saturated rings. The van der Waals surface area contributed by atoms with E-state index in [-0.39, 0.29) is 6.42 Å². The Bertz CT molecular complexity index is 917. The maximum absolute atomic E-state index is 13.9. The van der Waals surface area contributed by atoms with E-state index in [4.69, 9.17) is 0 Å². The van der Waals surface area contributed by atoms with Crippen LogP contribution in [0.4, 0.5) is 74.6 Å². The van der Waals surface area contributed by atoms with Crippen LogP contribution in [-0.4, -0.2) is 60.2 Å². The van der Waals surface area contributed by atoms with Crippen LogP contribution in [0.3, 0.4) is 0 Å². The highest BCUT2D eigenvalue weighted by Gasteiger charge is 2.95. The van der Waals surface area contributed by atoms with Crippen molar-refractivity contribution in [1.82, 2.24) is 0 Å². The summed E-state index contributed by atoms with van der Waals surface area (Å²) in [5, 5.41) is 0. The van der Waals surface area contributed by atoms with Crippen molar-refractivity contribution >= 4 is 5.97 Å². The van der Waals surface area contributed by atoms with Crippen LogP contribution in [0, 0.1) is 0 Å². The summed E-state index contributed by atoms with van der Waals surface area (Å²) in [7, 11) is 0. The molecule has 0 radical (unpaired) electrons. The zero-order chi connectivity index (χ0) is 37.0. The Morgan fingerprint density at radius 2 is 0.723 bits per heavy atom. The van der Waals surface area contributed by atoms with E-state index in [9.17, 15) is 79.4 Å². The van der Waals surface area contributed by atoms with Gasteiger partial charge in [0.25, 0.3) is 0 Å². The maximum atomic E-state index is 13.9. The molecule has 0 aromatic heterocycles. The molecule has 2 nitrogen and oxygen atoms in total. The summed E-state index contributed by atoms with van der Waals surface area (Å²) in [6, 6.07) is 0. The van der Waals surface area contributed by atoms with Crippen LogP contribution in [-0.2, 0) is 9.53 Å². The molecule has 0 saturated carbocycles. The smallest absolute Gasteiger partial charge is 0.460 e. The van der Waals surface area contributed by atoms with Gasteiger partial charge in [-0.1, -0.05) is 96.8 Å². The van der Waals surface area contributed by atoms with Crippen molar-refractivity contribution < 1.29 is 84.2 Å². The Balaban J connectivity index is 4.82. The zero-order valence-corrected chi connectivity index (χ0v) is 25.5. The first-order chi connectivity index (χ1) is 21.2. The fraction of sp³-hybridized carbons (Fsp3) is 0.964. The predicted molar refractivity (Wildman–Crippen MR) is 136 cm³/mol. The Morgan fingerprint density at radius 3 is 1.06 bits per heavy atom. The third-order valence-electron chi connectivity index (χ3n) is 7.45. The Hall–Kier alpha value is -1.72. The largest absolute Gasteiger partial charge is 0.465 e. The molecule has 0 aliphatic carbocycles. The molecule has 0 aliphatic heterocycles. The molecule has 0 aromatic rings. The number of rotatable bonds is 25. The summed E-state index contributed by atoms with van der Waals surface area (Å²) in [5.41, 5.74) is 0. The van der Waals surface area contributed by atoms with E-state index in [1.807, 2.05) is 0 Å². The lowest BCUT2D eigenvalue weighted by molar-refractivity contribution is -0.461. The number of carbonyl (C=O) groups excluding carboxylic acids is 1.